The van der Waals surface area contributed by atoms with E-state index in [1.54, 1.807) is 0 Å². The Hall–Kier alpha value is -1.18. The number of rotatable bonds is 7. The van der Waals surface area contributed by atoms with Crippen LogP contribution in [0.1, 0.15) is 38.5 Å². The summed E-state index contributed by atoms with van der Waals surface area (Å²) >= 11 is 0. The van der Waals surface area contributed by atoms with Crippen LogP contribution in [0.15, 0.2) is 0 Å². The number of aliphatic hydroxyl groups excluding tert-OH is 2. The minimum Gasteiger partial charge on any atom is -0.480 e. The molecule has 0 spiro atoms. The molecule has 3 atom stereocenters. The van der Waals surface area contributed by atoms with E-state index in [0.717, 1.165) is 25.7 Å². The van der Waals surface area contributed by atoms with Crippen LogP contribution < -0.4 is 11.1 Å². The first kappa shape index (κ1) is 16.9. The fraction of sp³-hybridized carbons (Fsp3) is 0.846. The second-order valence-corrected chi connectivity index (χ2v) is 5.43. The van der Waals surface area contributed by atoms with Crippen molar-refractivity contribution < 1.29 is 24.9 Å². The number of carbonyl (C=O) groups excluding carboxylic acids is 1. The molecule has 0 aromatic heterocycles. The number of carbonyl (C=O) groups is 2. The average molecular weight is 288 g/mol. The zero-order valence-electron chi connectivity index (χ0n) is 11.5. The largest absolute Gasteiger partial charge is 0.480 e. The molecule has 116 valence electrons. The molecule has 0 radical (unpaired) electrons. The zero-order valence-corrected chi connectivity index (χ0v) is 11.5. The molecule has 1 saturated carbocycles. The number of nitrogens with one attached hydrogen (secondary N) is 1. The standard InChI is InChI=1S/C13H24N2O5/c14-9(6-8-4-2-1-3-5-8)11(17)12(18)15-10(7-16)13(19)20/h8-11,16-17H,1-7,14H2,(H,15,18)(H,19,20)/t9-,10?,11+/m1/s1. The van der Waals surface area contributed by atoms with Gasteiger partial charge in [-0.25, -0.2) is 4.79 Å². The van der Waals surface area contributed by atoms with E-state index in [1.165, 1.54) is 6.42 Å². The summed E-state index contributed by atoms with van der Waals surface area (Å²) < 4.78 is 0. The normalized spacial score (nSPS) is 20.9. The van der Waals surface area contributed by atoms with E-state index < -0.39 is 36.7 Å². The molecule has 1 aliphatic carbocycles. The quantitative estimate of drug-likeness (QED) is 0.417. The van der Waals surface area contributed by atoms with Crippen molar-refractivity contribution in [2.75, 3.05) is 6.61 Å². The van der Waals surface area contributed by atoms with Crippen LogP contribution in [0, 0.1) is 5.92 Å². The smallest absolute Gasteiger partial charge is 0.328 e. The molecule has 0 bridgehead atoms. The van der Waals surface area contributed by atoms with Crippen LogP contribution in [0.2, 0.25) is 0 Å². The maximum atomic E-state index is 11.7. The molecular formula is C13H24N2O5. The molecule has 0 aliphatic heterocycles. The fourth-order valence-electron chi connectivity index (χ4n) is 2.57. The molecule has 0 heterocycles. The Kier molecular flexibility index (Phi) is 6.90. The summed E-state index contributed by atoms with van der Waals surface area (Å²) in [7, 11) is 0. The van der Waals surface area contributed by atoms with Crippen LogP contribution in [0.25, 0.3) is 0 Å². The van der Waals surface area contributed by atoms with Gasteiger partial charge in [0.25, 0.3) is 5.91 Å². The first-order chi connectivity index (χ1) is 9.45. The number of carboxylic acids is 1. The maximum absolute atomic E-state index is 11.7. The van der Waals surface area contributed by atoms with Crippen molar-refractivity contribution in [3.05, 3.63) is 0 Å². The monoisotopic (exact) mass is 288 g/mol. The molecule has 1 unspecified atom stereocenters. The third-order valence-electron chi connectivity index (χ3n) is 3.80. The number of carboxylic acid groups (broad SMARTS) is 1. The van der Waals surface area contributed by atoms with Gasteiger partial charge in [0, 0.05) is 6.04 Å². The molecule has 0 saturated heterocycles. The first-order valence-corrected chi connectivity index (χ1v) is 7.03. The van der Waals surface area contributed by atoms with Crippen LogP contribution in [0.5, 0.6) is 0 Å². The maximum Gasteiger partial charge on any atom is 0.328 e. The molecular weight excluding hydrogens is 264 g/mol. The molecule has 1 fully saturated rings. The highest BCUT2D eigenvalue weighted by Crippen LogP contribution is 2.27. The van der Waals surface area contributed by atoms with E-state index in [4.69, 9.17) is 15.9 Å². The number of nitrogens with two attached hydrogens (primary N) is 1. The molecule has 0 aromatic rings. The predicted molar refractivity (Wildman–Crippen MR) is 71.8 cm³/mol. The highest BCUT2D eigenvalue weighted by molar-refractivity contribution is 5.86. The Balaban J connectivity index is 2.43. The van der Waals surface area contributed by atoms with E-state index >= 15 is 0 Å². The predicted octanol–water partition coefficient (Wildman–Crippen LogP) is -0.793. The Morgan fingerprint density at radius 2 is 1.85 bits per heavy atom. The summed E-state index contributed by atoms with van der Waals surface area (Å²) in [5.74, 6) is -1.79. The lowest BCUT2D eigenvalue weighted by molar-refractivity contribution is -0.144. The number of aliphatic hydroxyl groups is 2. The first-order valence-electron chi connectivity index (χ1n) is 7.03. The molecule has 20 heavy (non-hydrogen) atoms. The van der Waals surface area contributed by atoms with E-state index in [1.807, 2.05) is 0 Å². The summed E-state index contributed by atoms with van der Waals surface area (Å²) in [5, 5.41) is 29.4. The van der Waals surface area contributed by atoms with E-state index in [-0.39, 0.29) is 0 Å². The van der Waals surface area contributed by atoms with Gasteiger partial charge in [-0.1, -0.05) is 32.1 Å². The number of hydrogen-bond donors (Lipinski definition) is 5. The van der Waals surface area contributed by atoms with Gasteiger partial charge < -0.3 is 26.4 Å². The fourth-order valence-corrected chi connectivity index (χ4v) is 2.57. The average Bonchev–Trinajstić information content (AvgIpc) is 2.44. The molecule has 1 amide bonds. The van der Waals surface area contributed by atoms with Gasteiger partial charge in [-0.15, -0.1) is 0 Å². The summed E-state index contributed by atoms with van der Waals surface area (Å²) in [6.45, 7) is -0.730. The molecule has 7 nitrogen and oxygen atoms in total. The van der Waals surface area contributed by atoms with Crippen molar-refractivity contribution in [2.45, 2.75) is 56.7 Å². The van der Waals surface area contributed by atoms with Gasteiger partial charge in [-0.2, -0.15) is 0 Å². The van der Waals surface area contributed by atoms with E-state index in [2.05, 4.69) is 5.32 Å². The van der Waals surface area contributed by atoms with E-state index in [9.17, 15) is 14.7 Å². The zero-order chi connectivity index (χ0) is 15.1. The van der Waals surface area contributed by atoms with Crippen molar-refractivity contribution >= 4 is 11.9 Å². The molecule has 7 heteroatoms. The third kappa shape index (κ3) is 5.07. The van der Waals surface area contributed by atoms with Gasteiger partial charge in [-0.05, 0) is 12.3 Å². The number of hydrogen-bond acceptors (Lipinski definition) is 5. The Bertz CT molecular complexity index is 331. The van der Waals surface area contributed by atoms with Crippen molar-refractivity contribution in [3.8, 4) is 0 Å². The van der Waals surface area contributed by atoms with Crippen molar-refractivity contribution in [1.29, 1.82) is 0 Å². The number of amides is 1. The van der Waals surface area contributed by atoms with Crippen LogP contribution in [0.4, 0.5) is 0 Å². The lowest BCUT2D eigenvalue weighted by atomic mass is 9.84. The lowest BCUT2D eigenvalue weighted by Crippen LogP contribution is -2.52. The van der Waals surface area contributed by atoms with Gasteiger partial charge >= 0.3 is 5.97 Å². The molecule has 0 aromatic carbocycles. The summed E-state index contributed by atoms with van der Waals surface area (Å²) in [5.41, 5.74) is 5.82. The van der Waals surface area contributed by atoms with Gasteiger partial charge in [0.15, 0.2) is 0 Å². The minimum atomic E-state index is -1.45. The van der Waals surface area contributed by atoms with Gasteiger partial charge in [0.2, 0.25) is 0 Å². The van der Waals surface area contributed by atoms with Crippen molar-refractivity contribution in [2.24, 2.45) is 11.7 Å². The summed E-state index contributed by atoms with van der Waals surface area (Å²) in [4.78, 5) is 22.4. The number of aliphatic carboxylic acids is 1. The Morgan fingerprint density at radius 3 is 2.35 bits per heavy atom. The second kappa shape index (κ2) is 8.18. The summed E-state index contributed by atoms with van der Waals surface area (Å²) in [6, 6.07) is -2.13. The van der Waals surface area contributed by atoms with Crippen LogP contribution in [-0.4, -0.2) is 52.0 Å². The Morgan fingerprint density at radius 1 is 1.25 bits per heavy atom. The summed E-state index contributed by atoms with van der Waals surface area (Å²) in [6.07, 6.45) is 4.70. The molecule has 1 rings (SSSR count). The topological polar surface area (TPSA) is 133 Å². The second-order valence-electron chi connectivity index (χ2n) is 5.43. The van der Waals surface area contributed by atoms with Crippen molar-refractivity contribution in [1.82, 2.24) is 5.32 Å². The van der Waals surface area contributed by atoms with Crippen LogP contribution in [-0.2, 0) is 9.59 Å². The van der Waals surface area contributed by atoms with Crippen LogP contribution >= 0.6 is 0 Å². The van der Waals surface area contributed by atoms with Gasteiger partial charge in [-0.3, -0.25) is 4.79 Å². The SMILES string of the molecule is N[C@H](CC1CCCCC1)[C@H](O)C(=O)NC(CO)C(=O)O. The molecule has 1 aliphatic rings. The lowest BCUT2D eigenvalue weighted by Gasteiger charge is -2.27. The molecule has 6 N–H and O–H groups in total. The van der Waals surface area contributed by atoms with E-state index in [0.29, 0.717) is 12.3 Å². The Labute approximate surface area is 118 Å². The minimum absolute atomic E-state index is 0.411. The third-order valence-corrected chi connectivity index (χ3v) is 3.80. The van der Waals surface area contributed by atoms with Crippen molar-refractivity contribution in [3.63, 3.8) is 0 Å². The van der Waals surface area contributed by atoms with Gasteiger partial charge in [0.05, 0.1) is 6.61 Å². The van der Waals surface area contributed by atoms with Gasteiger partial charge in [0.1, 0.15) is 12.1 Å². The highest BCUT2D eigenvalue weighted by atomic mass is 16.4. The van der Waals surface area contributed by atoms with Crippen LogP contribution in [0.3, 0.4) is 0 Å². The highest BCUT2D eigenvalue weighted by Gasteiger charge is 2.29.